The lowest BCUT2D eigenvalue weighted by molar-refractivity contribution is 0.0966. The number of nitrogens with zero attached hydrogens (tertiary/aromatic N) is 1. The summed E-state index contributed by atoms with van der Waals surface area (Å²) in [6.45, 7) is 0.770. The van der Waals surface area contributed by atoms with Crippen molar-refractivity contribution in [1.82, 2.24) is 10.3 Å². The van der Waals surface area contributed by atoms with Gasteiger partial charge in [-0.1, -0.05) is 0 Å². The van der Waals surface area contributed by atoms with E-state index in [9.17, 15) is 4.79 Å². The molecule has 0 saturated carbocycles. The van der Waals surface area contributed by atoms with Gasteiger partial charge in [0.15, 0.2) is 11.5 Å². The third kappa shape index (κ3) is 1.73. The van der Waals surface area contributed by atoms with Crippen molar-refractivity contribution in [2.75, 3.05) is 6.79 Å². The van der Waals surface area contributed by atoms with Crippen molar-refractivity contribution < 1.29 is 14.3 Å². The first kappa shape index (κ1) is 12.5. The summed E-state index contributed by atoms with van der Waals surface area (Å²) in [6, 6.07) is 9.79. The number of benzene rings is 2. The lowest BCUT2D eigenvalue weighted by atomic mass is 9.91. The summed E-state index contributed by atoms with van der Waals surface area (Å²) < 4.78 is 11.0. The zero-order chi connectivity index (χ0) is 15.4. The van der Waals surface area contributed by atoms with Crippen LogP contribution in [-0.4, -0.2) is 17.7 Å². The van der Waals surface area contributed by atoms with Gasteiger partial charge in [0.05, 0.1) is 0 Å². The number of hydrogen-bond acceptors (Lipinski definition) is 4. The minimum atomic E-state index is -0.0325. The van der Waals surface area contributed by atoms with Gasteiger partial charge in [-0.2, -0.15) is 0 Å². The van der Waals surface area contributed by atoms with E-state index >= 15 is 0 Å². The second kappa shape index (κ2) is 4.46. The molecular weight excluding hydrogens is 292 g/mol. The quantitative estimate of drug-likeness (QED) is 0.751. The molecule has 3 heterocycles. The van der Waals surface area contributed by atoms with E-state index in [-0.39, 0.29) is 12.7 Å². The topological polar surface area (TPSA) is 60.5 Å². The number of fused-ring (bicyclic) bond motifs is 3. The third-order valence-electron chi connectivity index (χ3n) is 4.38. The van der Waals surface area contributed by atoms with E-state index in [1.54, 1.807) is 12.4 Å². The Morgan fingerprint density at radius 2 is 1.83 bits per heavy atom. The predicted octanol–water partition coefficient (Wildman–Crippen LogP) is 2.87. The van der Waals surface area contributed by atoms with Crippen LogP contribution in [0, 0.1) is 0 Å². The molecule has 0 aliphatic carbocycles. The summed E-state index contributed by atoms with van der Waals surface area (Å²) in [7, 11) is 0. The fourth-order valence-electron chi connectivity index (χ4n) is 3.33. The first-order valence-corrected chi connectivity index (χ1v) is 7.39. The molecule has 1 N–H and O–H groups in total. The Kier molecular flexibility index (Phi) is 2.42. The van der Waals surface area contributed by atoms with Crippen LogP contribution in [0.15, 0.2) is 42.7 Å². The normalized spacial score (nSPS) is 14.9. The highest BCUT2D eigenvalue weighted by molar-refractivity contribution is 6.09. The molecule has 2 aromatic carbocycles. The Bertz CT molecular complexity index is 967. The molecule has 0 atom stereocenters. The van der Waals surface area contributed by atoms with Crippen molar-refractivity contribution in [2.24, 2.45) is 0 Å². The molecule has 5 heteroatoms. The maximum Gasteiger partial charge on any atom is 0.251 e. The fourth-order valence-corrected chi connectivity index (χ4v) is 3.33. The second-order valence-corrected chi connectivity index (χ2v) is 5.62. The molecule has 2 aliphatic heterocycles. The van der Waals surface area contributed by atoms with Gasteiger partial charge >= 0.3 is 0 Å². The highest BCUT2D eigenvalue weighted by Gasteiger charge is 2.26. The molecule has 5 nitrogen and oxygen atoms in total. The van der Waals surface area contributed by atoms with Crippen molar-refractivity contribution in [3.63, 3.8) is 0 Å². The van der Waals surface area contributed by atoms with E-state index in [1.165, 1.54) is 0 Å². The van der Waals surface area contributed by atoms with Crippen molar-refractivity contribution >= 4 is 16.7 Å². The van der Waals surface area contributed by atoms with Crippen LogP contribution in [0.25, 0.3) is 21.9 Å². The van der Waals surface area contributed by atoms with Gasteiger partial charge in [0, 0.05) is 24.5 Å². The molecule has 5 rings (SSSR count). The second-order valence-electron chi connectivity index (χ2n) is 5.62. The summed E-state index contributed by atoms with van der Waals surface area (Å²) in [5, 5.41) is 4.93. The molecule has 3 aromatic rings. The van der Waals surface area contributed by atoms with E-state index in [0.29, 0.717) is 6.54 Å². The van der Waals surface area contributed by atoms with Crippen LogP contribution in [0.3, 0.4) is 0 Å². The molecule has 0 unspecified atom stereocenters. The summed E-state index contributed by atoms with van der Waals surface area (Å²) in [6.07, 6.45) is 3.52. The van der Waals surface area contributed by atoms with Crippen molar-refractivity contribution in [2.45, 2.75) is 6.54 Å². The van der Waals surface area contributed by atoms with Gasteiger partial charge in [0.1, 0.15) is 0 Å². The SMILES string of the molecule is O=C1NCc2c1cc1cc3c(cc1c2-c1ccncc1)OCO3. The predicted molar refractivity (Wildman–Crippen MR) is 84.5 cm³/mol. The Hall–Kier alpha value is -3.08. The van der Waals surface area contributed by atoms with Gasteiger partial charge in [-0.25, -0.2) is 0 Å². The standard InChI is InChI=1S/C18H12N2O3/c21-18-13-5-11-6-15-16(23-9-22-15)7-12(11)17(14(13)8-20-18)10-1-3-19-4-2-10/h1-7H,8-9H2,(H,20,21). The number of carbonyl (C=O) groups is 1. The number of carbonyl (C=O) groups excluding carboxylic acids is 1. The summed E-state index contributed by atoms with van der Waals surface area (Å²) >= 11 is 0. The molecule has 0 radical (unpaired) electrons. The van der Waals surface area contributed by atoms with Gasteiger partial charge in [-0.05, 0) is 57.8 Å². The molecule has 0 fully saturated rings. The van der Waals surface area contributed by atoms with Gasteiger partial charge < -0.3 is 14.8 Å². The smallest absolute Gasteiger partial charge is 0.251 e. The third-order valence-corrected chi connectivity index (χ3v) is 4.38. The van der Waals surface area contributed by atoms with Crippen LogP contribution < -0.4 is 14.8 Å². The van der Waals surface area contributed by atoms with Crippen LogP contribution in [0.1, 0.15) is 15.9 Å². The Labute approximate surface area is 131 Å². The Morgan fingerprint density at radius 1 is 1.04 bits per heavy atom. The Morgan fingerprint density at radius 3 is 2.65 bits per heavy atom. The van der Waals surface area contributed by atoms with Crippen molar-refractivity contribution in [3.8, 4) is 22.6 Å². The summed E-state index contributed by atoms with van der Waals surface area (Å²) in [5.74, 6) is 1.43. The lowest BCUT2D eigenvalue weighted by Crippen LogP contribution is -2.12. The molecule has 0 saturated heterocycles. The average molecular weight is 304 g/mol. The van der Waals surface area contributed by atoms with E-state index in [4.69, 9.17) is 9.47 Å². The number of aromatic nitrogens is 1. The van der Waals surface area contributed by atoms with Crippen molar-refractivity contribution in [3.05, 3.63) is 53.9 Å². The number of hydrogen-bond donors (Lipinski definition) is 1. The fraction of sp³-hybridized carbons (Fsp3) is 0.111. The molecule has 23 heavy (non-hydrogen) atoms. The first-order chi connectivity index (χ1) is 11.3. The summed E-state index contributed by atoms with van der Waals surface area (Å²) in [5.41, 5.74) is 3.84. The van der Waals surface area contributed by atoms with E-state index in [1.807, 2.05) is 30.3 Å². The number of nitrogens with one attached hydrogen (secondary N) is 1. The molecule has 1 amide bonds. The van der Waals surface area contributed by atoms with Crippen LogP contribution in [0.5, 0.6) is 11.5 Å². The largest absolute Gasteiger partial charge is 0.454 e. The number of rotatable bonds is 1. The average Bonchev–Trinajstić information content (AvgIpc) is 3.18. The Balaban J connectivity index is 1.92. The highest BCUT2D eigenvalue weighted by atomic mass is 16.7. The zero-order valence-electron chi connectivity index (χ0n) is 12.1. The van der Waals surface area contributed by atoms with Crippen LogP contribution >= 0.6 is 0 Å². The minimum absolute atomic E-state index is 0.0325. The molecule has 0 spiro atoms. The van der Waals surface area contributed by atoms with Gasteiger partial charge in [-0.3, -0.25) is 9.78 Å². The van der Waals surface area contributed by atoms with Crippen LogP contribution in [0.4, 0.5) is 0 Å². The number of ether oxygens (including phenoxy) is 2. The summed E-state index contributed by atoms with van der Waals surface area (Å²) in [4.78, 5) is 16.2. The monoisotopic (exact) mass is 304 g/mol. The van der Waals surface area contributed by atoms with E-state index in [0.717, 1.165) is 44.5 Å². The molecule has 1 aromatic heterocycles. The van der Waals surface area contributed by atoms with E-state index in [2.05, 4.69) is 10.3 Å². The van der Waals surface area contributed by atoms with Gasteiger partial charge in [0.2, 0.25) is 6.79 Å². The van der Waals surface area contributed by atoms with Gasteiger partial charge in [0.25, 0.3) is 5.91 Å². The molecule has 112 valence electrons. The molecule has 0 bridgehead atoms. The van der Waals surface area contributed by atoms with Crippen LogP contribution in [-0.2, 0) is 6.54 Å². The molecular formula is C18H12N2O3. The van der Waals surface area contributed by atoms with Crippen molar-refractivity contribution in [1.29, 1.82) is 0 Å². The maximum absolute atomic E-state index is 12.1. The van der Waals surface area contributed by atoms with Crippen LogP contribution in [0.2, 0.25) is 0 Å². The highest BCUT2D eigenvalue weighted by Crippen LogP contribution is 2.42. The lowest BCUT2D eigenvalue weighted by Gasteiger charge is -2.13. The molecule has 2 aliphatic rings. The number of pyridine rings is 1. The maximum atomic E-state index is 12.1. The number of amides is 1. The van der Waals surface area contributed by atoms with E-state index < -0.39 is 0 Å². The minimum Gasteiger partial charge on any atom is -0.454 e. The first-order valence-electron chi connectivity index (χ1n) is 7.39. The zero-order valence-corrected chi connectivity index (χ0v) is 12.1. The van der Waals surface area contributed by atoms with Gasteiger partial charge in [-0.15, -0.1) is 0 Å².